The number of benzene rings is 1. The lowest BCUT2D eigenvalue weighted by Crippen LogP contribution is -1.82. The zero-order chi connectivity index (χ0) is 10.8. The van der Waals surface area contributed by atoms with Gasteiger partial charge in [-0.15, -0.1) is 11.3 Å². The molecule has 2 aromatic rings. The lowest BCUT2D eigenvalue weighted by atomic mass is 10.1. The molecular formula is C11H9Br2NS. The van der Waals surface area contributed by atoms with Crippen LogP contribution in [0, 0.1) is 0 Å². The maximum atomic E-state index is 4.50. The molecule has 0 saturated heterocycles. The van der Waals surface area contributed by atoms with Crippen LogP contribution in [0.5, 0.6) is 0 Å². The minimum Gasteiger partial charge on any atom is -0.229 e. The maximum absolute atomic E-state index is 4.50. The van der Waals surface area contributed by atoms with Crippen LogP contribution in [0.3, 0.4) is 0 Å². The van der Waals surface area contributed by atoms with Gasteiger partial charge in [0, 0.05) is 14.9 Å². The normalized spacial score (nSPS) is 10.6. The van der Waals surface area contributed by atoms with Crippen LogP contribution in [0.2, 0.25) is 0 Å². The molecule has 0 aliphatic rings. The first-order valence-corrected chi connectivity index (χ1v) is 7.02. The van der Waals surface area contributed by atoms with Crippen LogP contribution < -0.4 is 0 Å². The molecular weight excluding hydrogens is 338 g/mol. The fraction of sp³-hybridized carbons (Fsp3) is 0.182. The van der Waals surface area contributed by atoms with Crippen LogP contribution in [0.25, 0.3) is 11.3 Å². The van der Waals surface area contributed by atoms with Crippen molar-refractivity contribution in [2.24, 2.45) is 0 Å². The molecule has 0 N–H and O–H groups in total. The highest BCUT2D eigenvalue weighted by atomic mass is 79.9. The number of aromatic nitrogens is 1. The summed E-state index contributed by atoms with van der Waals surface area (Å²) in [4.78, 5) is 5.82. The quantitative estimate of drug-likeness (QED) is 0.753. The number of hydrogen-bond acceptors (Lipinski definition) is 2. The van der Waals surface area contributed by atoms with Crippen LogP contribution in [0.1, 0.15) is 11.8 Å². The summed E-state index contributed by atoms with van der Waals surface area (Å²) in [7, 11) is 0. The van der Waals surface area contributed by atoms with Crippen molar-refractivity contribution in [1.29, 1.82) is 0 Å². The van der Waals surface area contributed by atoms with E-state index in [-0.39, 0.29) is 0 Å². The summed E-state index contributed by atoms with van der Waals surface area (Å²) in [6, 6.07) is 8.26. The van der Waals surface area contributed by atoms with Crippen molar-refractivity contribution in [2.75, 3.05) is 0 Å². The summed E-state index contributed by atoms with van der Waals surface area (Å²) in [5.74, 6) is 0. The molecule has 0 bridgehead atoms. The Hall–Kier alpha value is -0.190. The van der Waals surface area contributed by atoms with Gasteiger partial charge in [-0.3, -0.25) is 0 Å². The van der Waals surface area contributed by atoms with Crippen molar-refractivity contribution in [1.82, 2.24) is 4.98 Å². The number of thiazole rings is 1. The third-order valence-electron chi connectivity index (χ3n) is 2.11. The average Bonchev–Trinajstić information content (AvgIpc) is 2.61. The van der Waals surface area contributed by atoms with E-state index in [4.69, 9.17) is 0 Å². The number of nitrogens with zero attached hydrogens (tertiary/aromatic N) is 1. The molecule has 1 aromatic heterocycles. The second kappa shape index (κ2) is 4.76. The van der Waals surface area contributed by atoms with Gasteiger partial charge in [-0.25, -0.2) is 4.98 Å². The Morgan fingerprint density at radius 1 is 1.20 bits per heavy atom. The zero-order valence-corrected chi connectivity index (χ0v) is 12.1. The number of halogens is 2. The van der Waals surface area contributed by atoms with Gasteiger partial charge in [0.2, 0.25) is 0 Å². The molecule has 0 amide bonds. The first-order chi connectivity index (χ1) is 7.20. The molecule has 1 aromatic carbocycles. The lowest BCUT2D eigenvalue weighted by molar-refractivity contribution is 1.17. The highest BCUT2D eigenvalue weighted by Crippen LogP contribution is 2.31. The average molecular weight is 347 g/mol. The summed E-state index contributed by atoms with van der Waals surface area (Å²) < 4.78 is 2.05. The topological polar surface area (TPSA) is 12.9 Å². The zero-order valence-electron chi connectivity index (χ0n) is 8.13. The number of rotatable bonds is 2. The molecule has 0 unspecified atom stereocenters. The van der Waals surface area contributed by atoms with Crippen LogP contribution in [0.15, 0.2) is 32.7 Å². The molecule has 0 radical (unpaired) electrons. The largest absolute Gasteiger partial charge is 0.229 e. The highest BCUT2D eigenvalue weighted by molar-refractivity contribution is 9.11. The number of hydrogen-bond donors (Lipinski definition) is 0. The van der Waals surface area contributed by atoms with E-state index < -0.39 is 0 Å². The Bertz CT molecular complexity index is 462. The molecule has 78 valence electrons. The Morgan fingerprint density at radius 3 is 2.47 bits per heavy atom. The van der Waals surface area contributed by atoms with E-state index in [1.807, 2.05) is 12.1 Å². The van der Waals surface area contributed by atoms with Gasteiger partial charge in [0.05, 0.1) is 5.69 Å². The van der Waals surface area contributed by atoms with Gasteiger partial charge in [0.15, 0.2) is 3.92 Å². The minimum absolute atomic E-state index is 0.956. The third-order valence-corrected chi connectivity index (χ3v) is 4.29. The molecule has 1 nitrogen and oxygen atoms in total. The van der Waals surface area contributed by atoms with Crippen LogP contribution in [-0.4, -0.2) is 4.98 Å². The number of aryl methyl sites for hydroxylation is 1. The predicted molar refractivity (Wildman–Crippen MR) is 72.3 cm³/mol. The van der Waals surface area contributed by atoms with Crippen molar-refractivity contribution in [2.45, 2.75) is 13.3 Å². The molecule has 1 heterocycles. The summed E-state index contributed by atoms with van der Waals surface area (Å²) in [5.41, 5.74) is 2.28. The van der Waals surface area contributed by atoms with Crippen molar-refractivity contribution in [3.63, 3.8) is 0 Å². The van der Waals surface area contributed by atoms with Crippen molar-refractivity contribution < 1.29 is 0 Å². The van der Waals surface area contributed by atoms with Crippen LogP contribution >= 0.6 is 43.2 Å². The molecule has 0 saturated carbocycles. The second-order valence-electron chi connectivity index (χ2n) is 3.10. The minimum atomic E-state index is 0.956. The standard InChI is InChI=1S/C11H9Br2NS/c1-2-9-10(14-11(13)15-9)7-3-5-8(12)6-4-7/h3-6H,2H2,1H3. The Morgan fingerprint density at radius 2 is 1.87 bits per heavy atom. The van der Waals surface area contributed by atoms with E-state index >= 15 is 0 Å². The van der Waals surface area contributed by atoms with Crippen LogP contribution in [0.4, 0.5) is 0 Å². The van der Waals surface area contributed by atoms with Gasteiger partial charge in [0.25, 0.3) is 0 Å². The van der Waals surface area contributed by atoms with Crippen molar-refractivity contribution >= 4 is 43.2 Å². The Labute approximate surface area is 110 Å². The second-order valence-corrected chi connectivity index (χ2v) is 6.37. The van der Waals surface area contributed by atoms with Crippen molar-refractivity contribution in [3.8, 4) is 11.3 Å². The fourth-order valence-corrected chi connectivity index (χ4v) is 3.17. The molecule has 0 aliphatic carbocycles. The third kappa shape index (κ3) is 2.49. The van der Waals surface area contributed by atoms with Gasteiger partial charge in [-0.1, -0.05) is 35.0 Å². The predicted octanol–water partition coefficient (Wildman–Crippen LogP) is 4.90. The van der Waals surface area contributed by atoms with E-state index in [2.05, 4.69) is 55.9 Å². The highest BCUT2D eigenvalue weighted by Gasteiger charge is 2.09. The first-order valence-electron chi connectivity index (χ1n) is 4.62. The van der Waals surface area contributed by atoms with Crippen LogP contribution in [-0.2, 0) is 6.42 Å². The summed E-state index contributed by atoms with van der Waals surface area (Å²) >= 11 is 8.57. The maximum Gasteiger partial charge on any atom is 0.160 e. The molecule has 0 spiro atoms. The molecule has 0 aliphatic heterocycles. The SMILES string of the molecule is CCc1sc(Br)nc1-c1ccc(Br)cc1. The monoisotopic (exact) mass is 345 g/mol. The lowest BCUT2D eigenvalue weighted by Gasteiger charge is -1.99. The van der Waals surface area contributed by atoms with Gasteiger partial charge < -0.3 is 0 Å². The van der Waals surface area contributed by atoms with E-state index in [0.29, 0.717) is 0 Å². The summed E-state index contributed by atoms with van der Waals surface area (Å²) in [6.45, 7) is 2.16. The Kier molecular flexibility index (Phi) is 3.59. The van der Waals surface area contributed by atoms with Crippen molar-refractivity contribution in [3.05, 3.63) is 37.5 Å². The molecule has 2 rings (SSSR count). The Balaban J connectivity index is 2.48. The summed E-state index contributed by atoms with van der Waals surface area (Å²) in [5, 5.41) is 0. The summed E-state index contributed by atoms with van der Waals surface area (Å²) in [6.07, 6.45) is 1.02. The molecule has 0 atom stereocenters. The van der Waals surface area contributed by atoms with Gasteiger partial charge in [-0.05, 0) is 34.5 Å². The smallest absolute Gasteiger partial charge is 0.160 e. The molecule has 0 fully saturated rings. The van der Waals surface area contributed by atoms with E-state index in [1.165, 1.54) is 10.4 Å². The van der Waals surface area contributed by atoms with Gasteiger partial charge in [0.1, 0.15) is 0 Å². The van der Waals surface area contributed by atoms with E-state index in [0.717, 1.165) is 20.5 Å². The van der Waals surface area contributed by atoms with Gasteiger partial charge in [-0.2, -0.15) is 0 Å². The van der Waals surface area contributed by atoms with E-state index in [9.17, 15) is 0 Å². The molecule has 15 heavy (non-hydrogen) atoms. The molecule has 4 heteroatoms. The van der Waals surface area contributed by atoms with Gasteiger partial charge >= 0.3 is 0 Å². The van der Waals surface area contributed by atoms with E-state index in [1.54, 1.807) is 11.3 Å². The fourth-order valence-electron chi connectivity index (χ4n) is 1.40. The first kappa shape index (κ1) is 11.3.